The molecule has 0 aliphatic rings. The maximum atomic E-state index is 10.7. The van der Waals surface area contributed by atoms with E-state index < -0.39 is 0 Å². The van der Waals surface area contributed by atoms with Gasteiger partial charge in [-0.2, -0.15) is 0 Å². The summed E-state index contributed by atoms with van der Waals surface area (Å²) in [6, 6.07) is 1.64. The van der Waals surface area contributed by atoms with Gasteiger partial charge in [0.15, 0.2) is 0 Å². The summed E-state index contributed by atoms with van der Waals surface area (Å²) in [5.41, 5.74) is 0.593. The van der Waals surface area contributed by atoms with Gasteiger partial charge in [0.2, 0.25) is 0 Å². The molecule has 3 nitrogen and oxygen atoms in total. The number of anilines is 1. The Morgan fingerprint density at radius 1 is 1.56 bits per heavy atom. The van der Waals surface area contributed by atoms with Crippen LogP contribution >= 0.6 is 0 Å². The predicted octanol–water partition coefficient (Wildman–Crippen LogP) is 1.49. The molecule has 3 heteroatoms. The molecule has 0 amide bonds. The standard InChI is InChI=1S/C6H8NO2/c1-7(2)5-3-4-9-6(5)8/h3-4H,1-2H3. The zero-order valence-corrected chi connectivity index (χ0v) is 5.42. The van der Waals surface area contributed by atoms with E-state index in [-0.39, 0.29) is 5.95 Å². The molecule has 0 spiro atoms. The summed E-state index contributed by atoms with van der Waals surface area (Å²) in [4.78, 5) is 1.71. The lowest BCUT2D eigenvalue weighted by molar-refractivity contribution is 0.253. The van der Waals surface area contributed by atoms with E-state index in [4.69, 9.17) is 0 Å². The molecule has 1 heterocycles. The number of rotatable bonds is 1. The van der Waals surface area contributed by atoms with Gasteiger partial charge in [0, 0.05) is 20.2 Å². The summed E-state index contributed by atoms with van der Waals surface area (Å²) >= 11 is 0. The van der Waals surface area contributed by atoms with Crippen LogP contribution < -0.4 is 4.90 Å². The van der Waals surface area contributed by atoms with Crippen molar-refractivity contribution < 1.29 is 9.52 Å². The minimum atomic E-state index is -0.278. The van der Waals surface area contributed by atoms with Crippen molar-refractivity contribution in [2.24, 2.45) is 0 Å². The van der Waals surface area contributed by atoms with Crippen molar-refractivity contribution >= 4 is 5.69 Å². The largest absolute Gasteiger partial charge is 0.430 e. The number of nitrogens with zero attached hydrogens (tertiary/aromatic N) is 1. The lowest BCUT2D eigenvalue weighted by Crippen LogP contribution is -2.06. The fraction of sp³-hybridized carbons (Fsp3) is 0.333. The van der Waals surface area contributed by atoms with Crippen molar-refractivity contribution in [2.75, 3.05) is 19.0 Å². The Bertz CT molecular complexity index is 193. The topological polar surface area (TPSA) is 36.3 Å². The maximum absolute atomic E-state index is 10.7. The van der Waals surface area contributed by atoms with Crippen LogP contribution in [0.25, 0.3) is 0 Å². The summed E-state index contributed by atoms with van der Waals surface area (Å²) in [5, 5.41) is 10.7. The van der Waals surface area contributed by atoms with Gasteiger partial charge in [0.1, 0.15) is 5.69 Å². The van der Waals surface area contributed by atoms with Crippen LogP contribution in [0.3, 0.4) is 0 Å². The molecule has 0 N–H and O–H groups in total. The molecule has 0 atom stereocenters. The maximum Gasteiger partial charge on any atom is 0.359 e. The number of furan rings is 1. The third kappa shape index (κ3) is 0.988. The summed E-state index contributed by atoms with van der Waals surface area (Å²) in [6.07, 6.45) is 1.39. The van der Waals surface area contributed by atoms with Crippen molar-refractivity contribution in [1.82, 2.24) is 0 Å². The fourth-order valence-electron chi connectivity index (χ4n) is 0.620. The van der Waals surface area contributed by atoms with E-state index in [1.54, 1.807) is 25.1 Å². The molecular weight excluding hydrogens is 118 g/mol. The van der Waals surface area contributed by atoms with Gasteiger partial charge in [-0.1, -0.05) is 0 Å². The lowest BCUT2D eigenvalue weighted by atomic mass is 10.5. The van der Waals surface area contributed by atoms with E-state index in [0.29, 0.717) is 5.69 Å². The third-order valence-corrected chi connectivity index (χ3v) is 1.09. The summed E-state index contributed by atoms with van der Waals surface area (Å²) in [5.74, 6) is -0.278. The monoisotopic (exact) mass is 126 g/mol. The van der Waals surface area contributed by atoms with Crippen LogP contribution in [0.4, 0.5) is 5.69 Å². The third-order valence-electron chi connectivity index (χ3n) is 1.09. The Morgan fingerprint density at radius 3 is 2.44 bits per heavy atom. The van der Waals surface area contributed by atoms with Crippen molar-refractivity contribution in [3.8, 4) is 5.95 Å². The van der Waals surface area contributed by atoms with Gasteiger partial charge < -0.3 is 9.32 Å². The average molecular weight is 126 g/mol. The highest BCUT2D eigenvalue weighted by molar-refractivity contribution is 5.51. The zero-order chi connectivity index (χ0) is 6.85. The van der Waals surface area contributed by atoms with Crippen LogP contribution in [-0.4, -0.2) is 14.1 Å². The van der Waals surface area contributed by atoms with Gasteiger partial charge in [-0.05, 0) is 0 Å². The normalized spacial score (nSPS) is 9.56. The average Bonchev–Trinajstić information content (AvgIpc) is 2.13. The van der Waals surface area contributed by atoms with Gasteiger partial charge in [-0.15, -0.1) is 0 Å². The Hall–Kier alpha value is -1.12. The molecule has 0 aliphatic carbocycles. The van der Waals surface area contributed by atoms with Crippen molar-refractivity contribution in [3.05, 3.63) is 12.3 Å². The molecule has 0 saturated carbocycles. The predicted molar refractivity (Wildman–Crippen MR) is 33.2 cm³/mol. The van der Waals surface area contributed by atoms with Crippen LogP contribution in [0.1, 0.15) is 0 Å². The number of hydrogen-bond acceptors (Lipinski definition) is 2. The summed E-state index contributed by atoms with van der Waals surface area (Å²) in [7, 11) is 3.60. The molecular formula is C6H8NO2. The van der Waals surface area contributed by atoms with Crippen molar-refractivity contribution in [2.45, 2.75) is 0 Å². The van der Waals surface area contributed by atoms with E-state index in [2.05, 4.69) is 4.42 Å². The molecule has 1 rings (SSSR count). The molecule has 9 heavy (non-hydrogen) atoms. The van der Waals surface area contributed by atoms with Gasteiger partial charge >= 0.3 is 5.95 Å². The van der Waals surface area contributed by atoms with E-state index in [9.17, 15) is 5.11 Å². The second kappa shape index (κ2) is 2.01. The molecule has 0 aliphatic heterocycles. The first-order valence-corrected chi connectivity index (χ1v) is 2.63. The number of hydrogen-bond donors (Lipinski definition) is 0. The van der Waals surface area contributed by atoms with Crippen molar-refractivity contribution in [1.29, 1.82) is 0 Å². The minimum Gasteiger partial charge on any atom is -0.430 e. The van der Waals surface area contributed by atoms with Gasteiger partial charge in [0.05, 0.1) is 6.26 Å². The van der Waals surface area contributed by atoms with Crippen LogP contribution in [0.15, 0.2) is 16.7 Å². The summed E-state index contributed by atoms with van der Waals surface area (Å²) in [6.45, 7) is 0. The molecule has 1 radical (unpaired) electrons. The van der Waals surface area contributed by atoms with E-state index in [1.165, 1.54) is 6.26 Å². The molecule has 0 saturated heterocycles. The quantitative estimate of drug-likeness (QED) is 0.571. The second-order valence-electron chi connectivity index (χ2n) is 1.99. The minimum absolute atomic E-state index is 0.278. The SMILES string of the molecule is CN(C)c1ccoc1[O]. The van der Waals surface area contributed by atoms with Gasteiger partial charge in [-0.3, -0.25) is 0 Å². The zero-order valence-electron chi connectivity index (χ0n) is 5.42. The smallest absolute Gasteiger partial charge is 0.359 e. The second-order valence-corrected chi connectivity index (χ2v) is 1.99. The Kier molecular flexibility index (Phi) is 1.34. The Labute approximate surface area is 53.5 Å². The van der Waals surface area contributed by atoms with Crippen LogP contribution in [0, 0.1) is 0 Å². The highest BCUT2D eigenvalue weighted by Crippen LogP contribution is 2.26. The van der Waals surface area contributed by atoms with Crippen LogP contribution in [0.5, 0.6) is 5.95 Å². The highest BCUT2D eigenvalue weighted by Gasteiger charge is 2.06. The molecule has 0 aromatic carbocycles. The van der Waals surface area contributed by atoms with Gasteiger partial charge in [0.25, 0.3) is 0 Å². The van der Waals surface area contributed by atoms with E-state index >= 15 is 0 Å². The highest BCUT2D eigenvalue weighted by atomic mass is 16.5. The first kappa shape index (κ1) is 6.01. The summed E-state index contributed by atoms with van der Waals surface area (Å²) < 4.78 is 4.53. The van der Waals surface area contributed by atoms with Crippen LogP contribution in [0.2, 0.25) is 0 Å². The Morgan fingerprint density at radius 2 is 2.22 bits per heavy atom. The van der Waals surface area contributed by atoms with Crippen molar-refractivity contribution in [3.63, 3.8) is 0 Å². The van der Waals surface area contributed by atoms with E-state index in [0.717, 1.165) is 0 Å². The Balaban J connectivity index is 2.94. The molecule has 1 aromatic rings. The molecule has 0 unspecified atom stereocenters. The first-order valence-electron chi connectivity index (χ1n) is 2.63. The molecule has 49 valence electrons. The first-order chi connectivity index (χ1) is 4.22. The lowest BCUT2D eigenvalue weighted by Gasteiger charge is -2.06. The van der Waals surface area contributed by atoms with Crippen LogP contribution in [-0.2, 0) is 5.11 Å². The molecule has 1 aromatic heterocycles. The molecule has 0 fully saturated rings. The molecule has 0 bridgehead atoms. The van der Waals surface area contributed by atoms with Gasteiger partial charge in [-0.25, -0.2) is 5.11 Å². The fourth-order valence-corrected chi connectivity index (χ4v) is 0.620. The van der Waals surface area contributed by atoms with E-state index in [1.807, 2.05) is 0 Å².